The molecule has 1 N–H and O–H groups in total. The van der Waals surface area contributed by atoms with Crippen molar-refractivity contribution >= 4 is 11.9 Å². The molecule has 0 fully saturated rings. The van der Waals surface area contributed by atoms with E-state index in [1.807, 2.05) is 32.7 Å². The van der Waals surface area contributed by atoms with E-state index in [4.69, 9.17) is 9.47 Å². The summed E-state index contributed by atoms with van der Waals surface area (Å²) < 4.78 is 10.6. The monoisotopic (exact) mass is 283 g/mol. The van der Waals surface area contributed by atoms with Crippen LogP contribution in [-0.2, 0) is 4.74 Å². The molecule has 7 heteroatoms. The fraction of sp³-hybridized carbons (Fsp3) is 0.769. The van der Waals surface area contributed by atoms with Gasteiger partial charge in [0.1, 0.15) is 0 Å². The molecule has 0 bridgehead atoms. The molecule has 0 spiro atoms. The van der Waals surface area contributed by atoms with Crippen LogP contribution in [0.1, 0.15) is 27.2 Å². The second kappa shape index (κ2) is 8.52. The number of rotatable bonds is 9. The first-order chi connectivity index (χ1) is 9.56. The number of aromatic nitrogens is 3. The highest BCUT2D eigenvalue weighted by molar-refractivity contribution is 5.37. The standard InChI is InChI=1S/C13H25N5O2/c1-6-14-11-15-12(18(4)8-7-9-19-5)17-13(16-11)20-10(2)3/h10H,6-9H2,1-5H3,(H,14,15,16,17). The highest BCUT2D eigenvalue weighted by Gasteiger charge is 2.11. The quantitative estimate of drug-likeness (QED) is 0.689. The smallest absolute Gasteiger partial charge is 0.323 e. The predicted molar refractivity (Wildman–Crippen MR) is 79.5 cm³/mol. The van der Waals surface area contributed by atoms with Crippen molar-refractivity contribution in [3.63, 3.8) is 0 Å². The summed E-state index contributed by atoms with van der Waals surface area (Å²) >= 11 is 0. The van der Waals surface area contributed by atoms with Crippen LogP contribution in [0.2, 0.25) is 0 Å². The molecule has 0 radical (unpaired) electrons. The van der Waals surface area contributed by atoms with Gasteiger partial charge in [-0.2, -0.15) is 15.0 Å². The molecule has 1 aromatic rings. The first-order valence-electron chi connectivity index (χ1n) is 6.93. The van der Waals surface area contributed by atoms with E-state index in [2.05, 4.69) is 20.3 Å². The lowest BCUT2D eigenvalue weighted by atomic mass is 10.4. The Morgan fingerprint density at radius 1 is 1.25 bits per heavy atom. The van der Waals surface area contributed by atoms with E-state index in [9.17, 15) is 0 Å². The van der Waals surface area contributed by atoms with E-state index >= 15 is 0 Å². The van der Waals surface area contributed by atoms with Gasteiger partial charge in [-0.15, -0.1) is 0 Å². The van der Waals surface area contributed by atoms with Crippen LogP contribution in [0.5, 0.6) is 6.01 Å². The normalized spacial score (nSPS) is 10.7. The van der Waals surface area contributed by atoms with Crippen LogP contribution in [0.25, 0.3) is 0 Å². The van der Waals surface area contributed by atoms with Gasteiger partial charge in [0.05, 0.1) is 6.10 Å². The lowest BCUT2D eigenvalue weighted by Crippen LogP contribution is -2.23. The summed E-state index contributed by atoms with van der Waals surface area (Å²) in [5, 5.41) is 3.09. The Bertz CT molecular complexity index is 400. The second-order valence-corrected chi connectivity index (χ2v) is 4.71. The lowest BCUT2D eigenvalue weighted by Gasteiger charge is -2.18. The van der Waals surface area contributed by atoms with E-state index in [1.54, 1.807) is 7.11 Å². The third-order valence-corrected chi connectivity index (χ3v) is 2.46. The van der Waals surface area contributed by atoms with E-state index in [-0.39, 0.29) is 6.10 Å². The van der Waals surface area contributed by atoms with Crippen LogP contribution in [-0.4, -0.2) is 54.9 Å². The number of hydrogen-bond donors (Lipinski definition) is 1. The van der Waals surface area contributed by atoms with E-state index in [0.29, 0.717) is 24.5 Å². The maximum atomic E-state index is 5.56. The van der Waals surface area contributed by atoms with E-state index < -0.39 is 0 Å². The van der Waals surface area contributed by atoms with Gasteiger partial charge >= 0.3 is 6.01 Å². The van der Waals surface area contributed by atoms with Crippen LogP contribution in [0.15, 0.2) is 0 Å². The third-order valence-electron chi connectivity index (χ3n) is 2.46. The SMILES string of the molecule is CCNc1nc(OC(C)C)nc(N(C)CCCOC)n1. The summed E-state index contributed by atoms with van der Waals surface area (Å²) in [7, 11) is 3.64. The molecule has 1 aromatic heterocycles. The lowest BCUT2D eigenvalue weighted by molar-refractivity contribution is 0.196. The molecule has 0 atom stereocenters. The summed E-state index contributed by atoms with van der Waals surface area (Å²) in [4.78, 5) is 14.9. The van der Waals surface area contributed by atoms with E-state index in [0.717, 1.165) is 19.5 Å². The fourth-order valence-corrected chi connectivity index (χ4v) is 1.56. The van der Waals surface area contributed by atoms with Gasteiger partial charge in [0, 0.05) is 33.9 Å². The Morgan fingerprint density at radius 3 is 2.60 bits per heavy atom. The number of nitrogens with zero attached hydrogens (tertiary/aromatic N) is 4. The largest absolute Gasteiger partial charge is 0.461 e. The van der Waals surface area contributed by atoms with Gasteiger partial charge < -0.3 is 19.7 Å². The van der Waals surface area contributed by atoms with Crippen molar-refractivity contribution in [3.05, 3.63) is 0 Å². The van der Waals surface area contributed by atoms with Gasteiger partial charge in [-0.1, -0.05) is 0 Å². The van der Waals surface area contributed by atoms with E-state index in [1.165, 1.54) is 0 Å². The molecule has 0 unspecified atom stereocenters. The Hall–Kier alpha value is -1.63. The zero-order valence-corrected chi connectivity index (χ0v) is 13.0. The molecular formula is C13H25N5O2. The number of anilines is 2. The molecule has 1 rings (SSSR count). The van der Waals surface area contributed by atoms with Gasteiger partial charge in [0.2, 0.25) is 11.9 Å². The fourth-order valence-electron chi connectivity index (χ4n) is 1.56. The molecule has 0 aliphatic heterocycles. The minimum atomic E-state index is 0.0264. The average Bonchev–Trinajstić information content (AvgIpc) is 2.38. The van der Waals surface area contributed by atoms with Gasteiger partial charge in [-0.3, -0.25) is 0 Å². The molecule has 0 saturated heterocycles. The summed E-state index contributed by atoms with van der Waals surface area (Å²) in [6, 6.07) is 0.347. The molecule has 0 aliphatic rings. The van der Waals surface area contributed by atoms with Crippen molar-refractivity contribution in [1.29, 1.82) is 0 Å². The molecule has 0 aromatic carbocycles. The maximum Gasteiger partial charge on any atom is 0.323 e. The maximum absolute atomic E-state index is 5.56. The van der Waals surface area contributed by atoms with Crippen molar-refractivity contribution in [2.75, 3.05) is 44.1 Å². The Balaban J connectivity index is 2.83. The van der Waals surface area contributed by atoms with Crippen molar-refractivity contribution in [2.45, 2.75) is 33.3 Å². The minimum Gasteiger partial charge on any atom is -0.461 e. The first-order valence-corrected chi connectivity index (χ1v) is 6.93. The molecular weight excluding hydrogens is 258 g/mol. The van der Waals surface area contributed by atoms with Gasteiger partial charge in [0.15, 0.2) is 0 Å². The first kappa shape index (κ1) is 16.4. The summed E-state index contributed by atoms with van der Waals surface area (Å²) in [6.07, 6.45) is 0.939. The summed E-state index contributed by atoms with van der Waals surface area (Å²) in [6.45, 7) is 8.15. The minimum absolute atomic E-state index is 0.0264. The van der Waals surface area contributed by atoms with Crippen LogP contribution in [0.3, 0.4) is 0 Å². The zero-order chi connectivity index (χ0) is 15.0. The Kier molecular flexibility index (Phi) is 7.00. The van der Waals surface area contributed by atoms with Crippen molar-refractivity contribution in [1.82, 2.24) is 15.0 Å². The molecule has 114 valence electrons. The van der Waals surface area contributed by atoms with Gasteiger partial charge in [0.25, 0.3) is 0 Å². The molecule has 0 amide bonds. The number of methoxy groups -OCH3 is 1. The topological polar surface area (TPSA) is 72.4 Å². The van der Waals surface area contributed by atoms with Gasteiger partial charge in [-0.05, 0) is 27.2 Å². The summed E-state index contributed by atoms with van der Waals surface area (Å²) in [5.41, 5.74) is 0. The predicted octanol–water partition coefficient (Wildman–Crippen LogP) is 1.56. The van der Waals surface area contributed by atoms with Crippen LogP contribution < -0.4 is 15.0 Å². The van der Waals surface area contributed by atoms with Gasteiger partial charge in [-0.25, -0.2) is 0 Å². The third kappa shape index (κ3) is 5.56. The highest BCUT2D eigenvalue weighted by atomic mass is 16.5. The molecule has 7 nitrogen and oxygen atoms in total. The average molecular weight is 283 g/mol. The summed E-state index contributed by atoms with van der Waals surface area (Å²) in [5.74, 6) is 1.13. The highest BCUT2D eigenvalue weighted by Crippen LogP contribution is 2.15. The zero-order valence-electron chi connectivity index (χ0n) is 13.0. The Morgan fingerprint density at radius 2 is 2.00 bits per heavy atom. The molecule has 0 aliphatic carbocycles. The van der Waals surface area contributed by atoms with Crippen LogP contribution >= 0.6 is 0 Å². The van der Waals surface area contributed by atoms with Crippen LogP contribution in [0.4, 0.5) is 11.9 Å². The molecule has 1 heterocycles. The van der Waals surface area contributed by atoms with Crippen molar-refractivity contribution in [3.8, 4) is 6.01 Å². The van der Waals surface area contributed by atoms with Crippen molar-refractivity contribution < 1.29 is 9.47 Å². The Labute approximate surface area is 120 Å². The number of ether oxygens (including phenoxy) is 2. The second-order valence-electron chi connectivity index (χ2n) is 4.71. The molecule has 20 heavy (non-hydrogen) atoms. The van der Waals surface area contributed by atoms with Crippen molar-refractivity contribution in [2.24, 2.45) is 0 Å². The number of nitrogens with one attached hydrogen (secondary N) is 1. The molecule has 0 saturated carbocycles. The number of hydrogen-bond acceptors (Lipinski definition) is 7. The van der Waals surface area contributed by atoms with Crippen LogP contribution in [0, 0.1) is 0 Å².